The van der Waals surface area contributed by atoms with Crippen LogP contribution in [0, 0.1) is 0 Å². The Hall–Kier alpha value is -4.97. The second kappa shape index (κ2) is 16.0. The Bertz CT molecular complexity index is 1740. The first kappa shape index (κ1) is 35.3. The van der Waals surface area contributed by atoms with Crippen LogP contribution < -0.4 is 45.1 Å². The van der Waals surface area contributed by atoms with Gasteiger partial charge in [-0.25, -0.2) is 0 Å². The maximum Gasteiger partial charge on any atom is 0.239 e. The van der Waals surface area contributed by atoms with Crippen molar-refractivity contribution in [2.24, 2.45) is 0 Å². The van der Waals surface area contributed by atoms with Gasteiger partial charge in [-0.05, 0) is 78.3 Å². The number of amides is 2. The summed E-state index contributed by atoms with van der Waals surface area (Å²) in [5.41, 5.74) is 4.19. The van der Waals surface area contributed by atoms with Crippen molar-refractivity contribution in [1.82, 2.24) is 15.5 Å². The van der Waals surface area contributed by atoms with E-state index in [0.717, 1.165) is 54.7 Å². The number of benzene rings is 2. The Morgan fingerprint density at radius 1 is 0.796 bits per heavy atom. The van der Waals surface area contributed by atoms with Gasteiger partial charge in [0, 0.05) is 38.2 Å². The number of piperidine rings is 1. The third-order valence-electron chi connectivity index (χ3n) is 9.16. The first-order chi connectivity index (χ1) is 23.7. The molecule has 1 saturated heterocycles. The predicted molar refractivity (Wildman–Crippen MR) is 187 cm³/mol. The van der Waals surface area contributed by atoms with Crippen molar-refractivity contribution in [2.45, 2.75) is 51.2 Å². The molecule has 12 nitrogen and oxygen atoms in total. The quantitative estimate of drug-likeness (QED) is 0.258. The molecule has 3 N–H and O–H groups in total. The van der Waals surface area contributed by atoms with Crippen molar-refractivity contribution in [2.75, 3.05) is 60.5 Å². The Morgan fingerprint density at radius 2 is 1.51 bits per heavy atom. The molecule has 1 heterocycles. The van der Waals surface area contributed by atoms with Crippen molar-refractivity contribution in [3.8, 4) is 39.9 Å². The van der Waals surface area contributed by atoms with Crippen LogP contribution in [0.5, 0.6) is 28.7 Å². The highest BCUT2D eigenvalue weighted by molar-refractivity contribution is 5.84. The van der Waals surface area contributed by atoms with Gasteiger partial charge in [0.15, 0.2) is 23.0 Å². The molecule has 3 aromatic rings. The largest absolute Gasteiger partial charge is 0.493 e. The summed E-state index contributed by atoms with van der Waals surface area (Å²) < 4.78 is 27.9. The summed E-state index contributed by atoms with van der Waals surface area (Å²) in [5, 5.41) is 9.18. The zero-order chi connectivity index (χ0) is 35.1. The third-order valence-corrected chi connectivity index (χ3v) is 9.16. The van der Waals surface area contributed by atoms with E-state index in [0.29, 0.717) is 47.2 Å². The van der Waals surface area contributed by atoms with Crippen LogP contribution in [-0.4, -0.2) is 77.9 Å². The monoisotopic (exact) mass is 674 g/mol. The number of aryl methyl sites for hydroxylation is 1. The van der Waals surface area contributed by atoms with E-state index in [1.165, 1.54) is 13.0 Å². The van der Waals surface area contributed by atoms with Crippen molar-refractivity contribution < 1.29 is 33.3 Å². The summed E-state index contributed by atoms with van der Waals surface area (Å²) in [6, 6.07) is 12.5. The first-order valence-electron chi connectivity index (χ1n) is 16.4. The Kier molecular flexibility index (Phi) is 11.5. The van der Waals surface area contributed by atoms with Crippen molar-refractivity contribution in [3.63, 3.8) is 0 Å². The van der Waals surface area contributed by atoms with Crippen molar-refractivity contribution in [3.05, 3.63) is 69.4 Å². The molecule has 3 aromatic carbocycles. The van der Waals surface area contributed by atoms with Crippen LogP contribution in [0.1, 0.15) is 48.9 Å². The van der Waals surface area contributed by atoms with E-state index in [4.69, 9.17) is 23.7 Å². The normalized spacial score (nSPS) is 15.9. The van der Waals surface area contributed by atoms with Crippen LogP contribution in [0.2, 0.25) is 0 Å². The number of ether oxygens (including phenoxy) is 5. The molecule has 0 radical (unpaired) electrons. The molecule has 0 unspecified atom stereocenters. The highest BCUT2D eigenvalue weighted by Gasteiger charge is 2.29. The zero-order valence-electron chi connectivity index (χ0n) is 29.1. The molecule has 0 aromatic heterocycles. The van der Waals surface area contributed by atoms with Gasteiger partial charge >= 0.3 is 0 Å². The summed E-state index contributed by atoms with van der Waals surface area (Å²) >= 11 is 0. The average molecular weight is 675 g/mol. The van der Waals surface area contributed by atoms with E-state index >= 15 is 0 Å². The molecule has 2 aliphatic rings. The number of fused-ring (bicyclic) bond motifs is 3. The predicted octanol–water partition coefficient (Wildman–Crippen LogP) is 4.07. The maximum atomic E-state index is 13.6. The van der Waals surface area contributed by atoms with Crippen LogP contribution in [0.3, 0.4) is 0 Å². The fourth-order valence-corrected chi connectivity index (χ4v) is 6.78. The number of carbonyl (C=O) groups is 2. The van der Waals surface area contributed by atoms with Crippen molar-refractivity contribution >= 4 is 17.5 Å². The van der Waals surface area contributed by atoms with E-state index in [2.05, 4.69) is 20.9 Å². The van der Waals surface area contributed by atoms with Gasteiger partial charge in [-0.3, -0.25) is 19.3 Å². The molecule has 1 aliphatic carbocycles. The summed E-state index contributed by atoms with van der Waals surface area (Å²) in [5.74, 6) is 2.45. The molecular weight excluding hydrogens is 628 g/mol. The van der Waals surface area contributed by atoms with Crippen molar-refractivity contribution in [1.29, 1.82) is 0 Å². The van der Waals surface area contributed by atoms with E-state index in [-0.39, 0.29) is 35.5 Å². The van der Waals surface area contributed by atoms with Gasteiger partial charge in [0.25, 0.3) is 0 Å². The second-order valence-electron chi connectivity index (χ2n) is 12.3. The summed E-state index contributed by atoms with van der Waals surface area (Å²) in [4.78, 5) is 41.2. The Morgan fingerprint density at radius 3 is 2.16 bits per heavy atom. The molecule has 1 aliphatic heterocycles. The minimum atomic E-state index is -0.421. The number of nitrogens with one attached hydrogen (secondary N) is 3. The molecule has 2 amide bonds. The lowest BCUT2D eigenvalue weighted by atomic mass is 9.95. The SMILES string of the molecule is COc1ccc(CN2CCC(NC(=O)CNc3ccc4c(cc3=O)[C@H](NC(C)=O)CCc3cc(OC)c(OC)c(OC)c3-4)CC2)cc1OC. The number of likely N-dealkylation sites (tertiary alicyclic amines) is 1. The highest BCUT2D eigenvalue weighted by Crippen LogP contribution is 2.50. The lowest BCUT2D eigenvalue weighted by Crippen LogP contribution is -2.45. The van der Waals surface area contributed by atoms with E-state index in [1.54, 1.807) is 41.6 Å². The molecule has 0 spiro atoms. The fraction of sp³-hybridized carbons (Fsp3) is 0.432. The smallest absolute Gasteiger partial charge is 0.239 e. The lowest BCUT2D eigenvalue weighted by molar-refractivity contribution is -0.121. The van der Waals surface area contributed by atoms with E-state index < -0.39 is 6.04 Å². The Labute approximate surface area is 287 Å². The Balaban J connectivity index is 1.29. The summed E-state index contributed by atoms with van der Waals surface area (Å²) in [6.07, 6.45) is 2.79. The van der Waals surface area contributed by atoms with Gasteiger partial charge in [0.2, 0.25) is 23.0 Å². The molecule has 262 valence electrons. The van der Waals surface area contributed by atoms with Gasteiger partial charge in [-0.2, -0.15) is 0 Å². The topological polar surface area (TPSA) is 137 Å². The molecule has 1 fully saturated rings. The lowest BCUT2D eigenvalue weighted by Gasteiger charge is -2.32. The summed E-state index contributed by atoms with van der Waals surface area (Å²) in [6.45, 7) is 3.86. The van der Waals surface area contributed by atoms with E-state index in [1.807, 2.05) is 30.3 Å². The summed E-state index contributed by atoms with van der Waals surface area (Å²) in [7, 11) is 7.92. The minimum Gasteiger partial charge on any atom is -0.493 e. The average Bonchev–Trinajstić information content (AvgIpc) is 3.34. The second-order valence-corrected chi connectivity index (χ2v) is 12.3. The number of hydrogen-bond acceptors (Lipinski definition) is 10. The number of carbonyl (C=O) groups excluding carboxylic acids is 2. The zero-order valence-corrected chi connectivity index (χ0v) is 29.1. The molecule has 5 rings (SSSR count). The van der Waals surface area contributed by atoms with Gasteiger partial charge in [-0.1, -0.05) is 12.1 Å². The number of rotatable bonds is 12. The maximum absolute atomic E-state index is 13.6. The van der Waals surface area contributed by atoms with Crippen LogP contribution in [0.4, 0.5) is 5.69 Å². The number of hydrogen-bond donors (Lipinski definition) is 3. The van der Waals surface area contributed by atoms with Crippen LogP contribution >= 0.6 is 0 Å². The molecular formula is C37H46N4O8. The van der Waals surface area contributed by atoms with Gasteiger partial charge in [0.1, 0.15) is 0 Å². The van der Waals surface area contributed by atoms with Crippen LogP contribution in [-0.2, 0) is 22.6 Å². The molecule has 0 bridgehead atoms. The highest BCUT2D eigenvalue weighted by atomic mass is 16.5. The first-order valence-corrected chi connectivity index (χ1v) is 16.4. The van der Waals surface area contributed by atoms with Crippen LogP contribution in [0.15, 0.2) is 47.3 Å². The van der Waals surface area contributed by atoms with Gasteiger partial charge in [0.05, 0.1) is 53.8 Å². The van der Waals surface area contributed by atoms with Gasteiger partial charge in [-0.15, -0.1) is 0 Å². The molecule has 12 heteroatoms. The fourth-order valence-electron chi connectivity index (χ4n) is 6.78. The minimum absolute atomic E-state index is 0.0416. The number of anilines is 1. The number of nitrogens with zero attached hydrogens (tertiary/aromatic N) is 1. The molecule has 1 atom stereocenters. The third kappa shape index (κ3) is 8.02. The standard InChI is InChI=1S/C37H46N4O8/c1-22(42)39-28-10-8-24-18-33(47-4)36(48-5)37(49-6)35(24)26-9-11-29(30(43)19-27(26)28)38-20-34(44)40-25-13-15-41(16-14-25)21-23-7-12-31(45-2)32(17-23)46-3/h7,9,11-12,17-19,25,28H,8,10,13-16,20-21H2,1-6H3,(H,38,43)(H,39,42)(H,40,44)/t28-/m1/s1. The molecule has 49 heavy (non-hydrogen) atoms. The van der Waals surface area contributed by atoms with E-state index in [9.17, 15) is 14.4 Å². The van der Waals surface area contributed by atoms with Crippen LogP contribution in [0.25, 0.3) is 11.1 Å². The number of methoxy groups -OCH3 is 5. The molecule has 0 saturated carbocycles. The van der Waals surface area contributed by atoms with Gasteiger partial charge < -0.3 is 39.6 Å².